The van der Waals surface area contributed by atoms with Crippen LogP contribution in [0.3, 0.4) is 0 Å². The summed E-state index contributed by atoms with van der Waals surface area (Å²) in [6, 6.07) is 34.3. The summed E-state index contributed by atoms with van der Waals surface area (Å²) in [6.45, 7) is 15.5. The number of fused-ring (bicyclic) bond motifs is 8. The summed E-state index contributed by atoms with van der Waals surface area (Å²) in [5.41, 5.74) is 18.7. The Morgan fingerprint density at radius 1 is 0.595 bits per heavy atom. The summed E-state index contributed by atoms with van der Waals surface area (Å²) in [5.74, 6) is -1.70. The van der Waals surface area contributed by atoms with Crippen LogP contribution in [0.1, 0.15) is 154 Å². The van der Waals surface area contributed by atoms with E-state index in [4.69, 9.17) is 9.47 Å². The average molecular weight is 1590 g/mol. The molecular formula is C89H92F3N13O10S. The minimum atomic E-state index is -3.55. The van der Waals surface area contributed by atoms with Crippen LogP contribution >= 0.6 is 0 Å². The largest absolute Gasteiger partial charge is 0.481 e. The lowest BCUT2D eigenvalue weighted by molar-refractivity contribution is -0.155. The fourth-order valence-corrected chi connectivity index (χ4v) is 20.3. The maximum absolute atomic E-state index is 13.9. The first-order valence-corrected chi connectivity index (χ1v) is 41.7. The van der Waals surface area contributed by atoms with Gasteiger partial charge in [-0.05, 0) is 226 Å². The molecule has 0 amide bonds. The predicted molar refractivity (Wildman–Crippen MR) is 440 cm³/mol. The number of nitrogens with zero attached hydrogens (tertiary/aromatic N) is 9. The fraction of sp³-hybridized carbons (Fsp3) is 0.360. The van der Waals surface area contributed by atoms with Crippen molar-refractivity contribution in [3.8, 4) is 17.1 Å². The molecule has 3 aliphatic heterocycles. The number of rotatable bonds is 18. The number of hydrogen-bond acceptors (Lipinski definition) is 12. The number of aliphatic carboxylic acids is 3. The number of H-pyrrole nitrogens is 3. The van der Waals surface area contributed by atoms with Gasteiger partial charge in [0.05, 0.1) is 98.5 Å². The van der Waals surface area contributed by atoms with E-state index in [2.05, 4.69) is 106 Å². The van der Waals surface area contributed by atoms with E-state index < -0.39 is 33.2 Å². The van der Waals surface area contributed by atoms with Gasteiger partial charge in [0, 0.05) is 154 Å². The maximum atomic E-state index is 13.9. The molecule has 600 valence electrons. The van der Waals surface area contributed by atoms with E-state index in [-0.39, 0.29) is 58.4 Å². The summed E-state index contributed by atoms with van der Waals surface area (Å²) in [6.07, 6.45) is 16.8. The van der Waals surface area contributed by atoms with E-state index in [1.54, 1.807) is 49.6 Å². The van der Waals surface area contributed by atoms with Crippen LogP contribution in [0, 0.1) is 35.7 Å². The van der Waals surface area contributed by atoms with Crippen molar-refractivity contribution < 1.29 is 60.8 Å². The van der Waals surface area contributed by atoms with Crippen LogP contribution in [0.15, 0.2) is 145 Å². The number of carboxylic acids is 3. The highest BCUT2D eigenvalue weighted by atomic mass is 32.2. The molecule has 0 atom stereocenters. The summed E-state index contributed by atoms with van der Waals surface area (Å²) < 4.78 is 88.6. The van der Waals surface area contributed by atoms with Gasteiger partial charge in [0.25, 0.3) is 0 Å². The summed E-state index contributed by atoms with van der Waals surface area (Å²) in [7, 11) is -1.65. The molecule has 2 saturated carbocycles. The molecular weight excluding hydrogens is 1500 g/mol. The Labute approximate surface area is 665 Å². The molecule has 20 rings (SSSR count). The third-order valence-electron chi connectivity index (χ3n) is 24.6. The van der Waals surface area contributed by atoms with E-state index in [0.29, 0.717) is 60.2 Å². The van der Waals surface area contributed by atoms with Crippen LogP contribution in [0.25, 0.3) is 104 Å². The van der Waals surface area contributed by atoms with E-state index in [1.165, 1.54) is 64.1 Å². The number of carboxylic acid groups (broad SMARTS) is 3. The molecule has 0 radical (unpaired) electrons. The van der Waals surface area contributed by atoms with Gasteiger partial charge in [0.1, 0.15) is 17.5 Å². The molecule has 1 spiro atoms. The number of nitrogens with one attached hydrogen (secondary N) is 4. The molecule has 0 unspecified atom stereocenters. The van der Waals surface area contributed by atoms with Gasteiger partial charge in [0.15, 0.2) is 9.84 Å². The van der Waals surface area contributed by atoms with Gasteiger partial charge >= 0.3 is 17.9 Å². The van der Waals surface area contributed by atoms with Gasteiger partial charge in [-0.1, -0.05) is 20.8 Å². The van der Waals surface area contributed by atoms with E-state index >= 15 is 0 Å². The highest BCUT2D eigenvalue weighted by molar-refractivity contribution is 7.91. The SMILES string of the molecule is CC1(c2c(S(C)(=O)=O)c3cc4[nH]ncc4cc3n2-c2ccc(F)cc2)COC1.CCCn1c(C2CCOCC2)c(C2CC3(CC(C(=O)O)C3)C2)c2cc3[nH]ncc3cc21.Cc1cc(-n2c(C(C)C)c(CCC(=O)O)c3cc4c(cnn4C)cc32)ccc1F.O=C(O)CCc1c(C2CNC2)n(-c2ccc(F)cc2)c2cc3cn[nH]c3cc12. The Bertz CT molecular complexity index is 6470. The Morgan fingerprint density at radius 2 is 1.13 bits per heavy atom. The van der Waals surface area contributed by atoms with Crippen molar-refractivity contribution in [3.05, 3.63) is 203 Å². The number of aryl methyl sites for hydroxylation is 5. The lowest BCUT2D eigenvalue weighted by Gasteiger charge is -2.57. The lowest BCUT2D eigenvalue weighted by Crippen LogP contribution is -2.49. The predicted octanol–water partition coefficient (Wildman–Crippen LogP) is 17.0. The molecule has 15 aromatic rings. The average Bonchev–Trinajstić information content (AvgIpc) is 1.60. The normalized spacial score (nSPS) is 18.2. The topological polar surface area (TPSA) is 300 Å². The van der Waals surface area contributed by atoms with Crippen molar-refractivity contribution in [2.24, 2.45) is 18.4 Å². The van der Waals surface area contributed by atoms with Gasteiger partial charge in [-0.25, -0.2) is 21.6 Å². The van der Waals surface area contributed by atoms with Gasteiger partial charge in [-0.15, -0.1) is 0 Å². The van der Waals surface area contributed by atoms with Gasteiger partial charge in [-0.3, -0.25) is 34.4 Å². The first-order valence-electron chi connectivity index (χ1n) is 39.8. The Balaban J connectivity index is 0.000000111. The summed E-state index contributed by atoms with van der Waals surface area (Å²) in [4.78, 5) is 34.2. The third kappa shape index (κ3) is 13.9. The molecule has 11 heterocycles. The second kappa shape index (κ2) is 30.3. The van der Waals surface area contributed by atoms with Crippen molar-refractivity contribution in [2.45, 2.75) is 146 Å². The Kier molecular flexibility index (Phi) is 20.2. The number of halogens is 3. The van der Waals surface area contributed by atoms with Crippen LogP contribution in [-0.2, 0) is 65.5 Å². The highest BCUT2D eigenvalue weighted by Crippen LogP contribution is 2.66. The summed E-state index contributed by atoms with van der Waals surface area (Å²) >= 11 is 0. The molecule has 2 aliphatic carbocycles. The fourth-order valence-electron chi connectivity index (χ4n) is 19.1. The van der Waals surface area contributed by atoms with Crippen molar-refractivity contribution in [3.63, 3.8) is 0 Å². The molecule has 27 heteroatoms. The second-order valence-corrected chi connectivity index (χ2v) is 34.9. The van der Waals surface area contributed by atoms with Crippen LogP contribution in [-0.4, -0.2) is 146 Å². The molecule has 116 heavy (non-hydrogen) atoms. The minimum Gasteiger partial charge on any atom is -0.481 e. The van der Waals surface area contributed by atoms with Crippen LogP contribution in [0.5, 0.6) is 0 Å². The molecule has 0 bridgehead atoms. The minimum absolute atomic E-state index is 0.0602. The molecule has 7 aromatic carbocycles. The molecule has 8 aromatic heterocycles. The zero-order chi connectivity index (χ0) is 81.0. The number of aromatic nitrogens is 12. The molecule has 5 aliphatic rings. The van der Waals surface area contributed by atoms with E-state index in [9.17, 15) is 51.3 Å². The number of aromatic amines is 3. The molecule has 3 saturated heterocycles. The quantitative estimate of drug-likeness (QED) is 0.0420. The molecule has 5 fully saturated rings. The standard InChI is InChI=1S/C25H31N3O3.C23H24FN3O2.C21H19FN4O2.C20H18FN3O3S/c1-2-5-28-21-8-16-14-26-27-20(16)9-19(21)22(23(28)15-3-6-31-7-4-15)17-10-25(11-17)12-18(13-25)24(29)30;1-13(2)23-17(6-8-22(28)29)18-11-20-15(12-25-26(20)4)10-21(18)27(23)16-5-7-19(24)14(3)9-16;22-14-1-3-15(4-2-14)26-19-7-12-11-24-25-18(12)8-17(19)16(5-6-20(27)28)21(26)13-9-23-10-13;1-20(10-27-11-20)19-18(28(2,25)26)15-8-16-12(9-22-23-16)7-17(15)24(19)14-5-3-13(21)4-6-14/h8-9,14-15,17-18H,2-7,10-13H2,1H3,(H,26,27)(H,29,30);5,7,9-13H,6,8H2,1-4H3,(H,28,29);1-4,7-8,11,13,23H,5-6,9-10H2,(H,24,25)(H,27,28);3-9H,10-11H2,1-2H3,(H,22,23). The Hall–Kier alpha value is -11.4. The zero-order valence-corrected chi connectivity index (χ0v) is 66.5. The smallest absolute Gasteiger partial charge is 0.306 e. The first-order chi connectivity index (χ1) is 55.7. The first kappa shape index (κ1) is 77.2. The number of sulfone groups is 1. The van der Waals surface area contributed by atoms with Crippen LogP contribution in [0.4, 0.5) is 13.2 Å². The maximum Gasteiger partial charge on any atom is 0.306 e. The highest BCUT2D eigenvalue weighted by Gasteiger charge is 2.56. The second-order valence-electron chi connectivity index (χ2n) is 33.0. The van der Waals surface area contributed by atoms with Crippen molar-refractivity contribution in [1.82, 2.24) is 64.0 Å². The van der Waals surface area contributed by atoms with Crippen LogP contribution in [0.2, 0.25) is 0 Å². The van der Waals surface area contributed by atoms with E-state index in [1.807, 2.05) is 59.9 Å². The molecule has 23 nitrogen and oxygen atoms in total. The lowest BCUT2D eigenvalue weighted by atomic mass is 9.47. The van der Waals surface area contributed by atoms with Gasteiger partial charge < -0.3 is 48.4 Å². The number of carbonyl (C=O) groups is 3. The molecule has 7 N–H and O–H groups in total. The number of ether oxygens (including phenoxy) is 2. The van der Waals surface area contributed by atoms with Crippen LogP contribution < -0.4 is 5.32 Å². The van der Waals surface area contributed by atoms with E-state index in [0.717, 1.165) is 177 Å². The van der Waals surface area contributed by atoms with Crippen molar-refractivity contribution >= 4 is 115 Å². The third-order valence-corrected chi connectivity index (χ3v) is 25.8. The van der Waals surface area contributed by atoms with Crippen molar-refractivity contribution in [1.29, 1.82) is 0 Å². The number of benzene rings is 7. The Morgan fingerprint density at radius 3 is 1.66 bits per heavy atom. The zero-order valence-electron chi connectivity index (χ0n) is 65.7. The van der Waals surface area contributed by atoms with Crippen molar-refractivity contribution in [2.75, 3.05) is 45.8 Å². The van der Waals surface area contributed by atoms with Gasteiger partial charge in [-0.2, -0.15) is 20.4 Å². The monoisotopic (exact) mass is 1590 g/mol. The van der Waals surface area contributed by atoms with Gasteiger partial charge in [0.2, 0.25) is 0 Å². The number of hydrogen-bond donors (Lipinski definition) is 7. The summed E-state index contributed by atoms with van der Waals surface area (Å²) in [5, 5.41) is 65.1.